The molecule has 1 amide bonds. The number of carbonyl (C=O) groups is 1. The fraction of sp³-hybridized carbons (Fsp3) is 0.273. The topological polar surface area (TPSA) is 104 Å². The quantitative estimate of drug-likeness (QED) is 0.507. The molecule has 5 N–H and O–H groups in total. The van der Waals surface area contributed by atoms with Crippen molar-refractivity contribution in [3.63, 3.8) is 0 Å². The van der Waals surface area contributed by atoms with Crippen LogP contribution < -0.4 is 11.1 Å². The minimum Gasteiger partial charge on any atom is -0.392 e. The van der Waals surface area contributed by atoms with Crippen molar-refractivity contribution in [3.05, 3.63) is 81.0 Å². The van der Waals surface area contributed by atoms with Crippen LogP contribution in [0.4, 0.5) is 5.82 Å². The average molecular weight is 378 g/mol. The highest BCUT2D eigenvalue weighted by atomic mass is 16.3. The van der Waals surface area contributed by atoms with Gasteiger partial charge in [0, 0.05) is 13.0 Å². The number of anilines is 1. The van der Waals surface area contributed by atoms with Gasteiger partial charge in [-0.15, -0.1) is 0 Å². The number of aromatic amines is 1. The van der Waals surface area contributed by atoms with E-state index in [2.05, 4.69) is 48.4 Å². The Bertz CT molecular complexity index is 985. The number of H-pyrrole nitrogens is 1. The van der Waals surface area contributed by atoms with Crippen molar-refractivity contribution in [2.24, 2.45) is 5.73 Å². The van der Waals surface area contributed by atoms with Crippen molar-refractivity contribution < 1.29 is 9.90 Å². The highest BCUT2D eigenvalue weighted by Gasteiger charge is 2.18. The largest absolute Gasteiger partial charge is 0.392 e. The van der Waals surface area contributed by atoms with E-state index < -0.39 is 5.91 Å². The maximum absolute atomic E-state index is 12.1. The molecule has 1 aromatic heterocycles. The number of primary amides is 1. The highest BCUT2D eigenvalue weighted by Crippen LogP contribution is 2.22. The molecule has 0 atom stereocenters. The minimum atomic E-state index is -0.527. The summed E-state index contributed by atoms with van der Waals surface area (Å²) < 4.78 is 0. The maximum Gasteiger partial charge on any atom is 0.254 e. The lowest BCUT2D eigenvalue weighted by Gasteiger charge is -2.10. The van der Waals surface area contributed by atoms with Crippen LogP contribution in [-0.4, -0.2) is 21.2 Å². The Balaban J connectivity index is 1.81. The SMILES string of the molecule is Cc1cc(CNc2n[nH]c(Cc3cccc(CO)c3)c2C(N)=O)cc(C)c1C. The standard InChI is InChI=1S/C22H26N4O2/c1-13-7-18(8-14(2)15(13)3)11-24-22-20(21(23)28)19(25-26-22)10-16-5-4-6-17(9-16)12-27/h4-9,27H,10-12H2,1-3H3,(H2,23,28)(H2,24,25,26). The number of rotatable bonds is 7. The lowest BCUT2D eigenvalue weighted by Crippen LogP contribution is -2.15. The Labute approximate surface area is 164 Å². The molecular formula is C22H26N4O2. The zero-order chi connectivity index (χ0) is 20.3. The third-order valence-corrected chi connectivity index (χ3v) is 5.09. The van der Waals surface area contributed by atoms with Crippen molar-refractivity contribution in [1.82, 2.24) is 10.2 Å². The van der Waals surface area contributed by atoms with Crippen LogP contribution in [0.5, 0.6) is 0 Å². The van der Waals surface area contributed by atoms with Gasteiger partial charge < -0.3 is 16.2 Å². The van der Waals surface area contributed by atoms with Gasteiger partial charge in [-0.05, 0) is 54.2 Å². The molecule has 0 radical (unpaired) electrons. The summed E-state index contributed by atoms with van der Waals surface area (Å²) in [5.74, 6) is -0.0717. The van der Waals surface area contributed by atoms with E-state index in [9.17, 15) is 9.90 Å². The molecule has 146 valence electrons. The van der Waals surface area contributed by atoms with Crippen LogP contribution in [0.1, 0.15) is 49.4 Å². The number of aliphatic hydroxyl groups is 1. The van der Waals surface area contributed by atoms with Crippen molar-refractivity contribution >= 4 is 11.7 Å². The number of benzene rings is 2. The fourth-order valence-electron chi connectivity index (χ4n) is 3.35. The van der Waals surface area contributed by atoms with Gasteiger partial charge >= 0.3 is 0 Å². The van der Waals surface area contributed by atoms with Gasteiger partial charge in [0.15, 0.2) is 5.82 Å². The second kappa shape index (κ2) is 8.27. The molecular weight excluding hydrogens is 352 g/mol. The predicted molar refractivity (Wildman–Crippen MR) is 110 cm³/mol. The zero-order valence-corrected chi connectivity index (χ0v) is 16.5. The maximum atomic E-state index is 12.1. The lowest BCUT2D eigenvalue weighted by atomic mass is 10.0. The third kappa shape index (κ3) is 4.23. The van der Waals surface area contributed by atoms with Crippen LogP contribution in [0, 0.1) is 20.8 Å². The van der Waals surface area contributed by atoms with E-state index in [0.717, 1.165) is 16.7 Å². The van der Waals surface area contributed by atoms with Crippen LogP contribution in [0.2, 0.25) is 0 Å². The van der Waals surface area contributed by atoms with E-state index in [1.807, 2.05) is 24.3 Å². The van der Waals surface area contributed by atoms with Crippen LogP contribution in [0.15, 0.2) is 36.4 Å². The van der Waals surface area contributed by atoms with Crippen molar-refractivity contribution in [1.29, 1.82) is 0 Å². The van der Waals surface area contributed by atoms with E-state index in [1.165, 1.54) is 16.7 Å². The third-order valence-electron chi connectivity index (χ3n) is 5.09. The normalized spacial score (nSPS) is 10.9. The predicted octanol–water partition coefficient (Wildman–Crippen LogP) is 3.13. The second-order valence-corrected chi connectivity index (χ2v) is 7.15. The molecule has 0 fully saturated rings. The number of aryl methyl sites for hydroxylation is 2. The number of aliphatic hydroxyl groups excluding tert-OH is 1. The molecule has 0 aliphatic carbocycles. The van der Waals surface area contributed by atoms with Gasteiger partial charge in [-0.25, -0.2) is 0 Å². The van der Waals surface area contributed by atoms with Gasteiger partial charge in [-0.3, -0.25) is 9.89 Å². The van der Waals surface area contributed by atoms with Crippen molar-refractivity contribution in [3.8, 4) is 0 Å². The molecule has 1 heterocycles. The molecule has 28 heavy (non-hydrogen) atoms. The van der Waals surface area contributed by atoms with Crippen LogP contribution in [0.3, 0.4) is 0 Å². The number of hydrogen-bond acceptors (Lipinski definition) is 4. The molecule has 0 saturated carbocycles. The van der Waals surface area contributed by atoms with Crippen LogP contribution in [-0.2, 0) is 19.6 Å². The van der Waals surface area contributed by atoms with Crippen molar-refractivity contribution in [2.75, 3.05) is 5.32 Å². The summed E-state index contributed by atoms with van der Waals surface area (Å²) >= 11 is 0. The van der Waals surface area contributed by atoms with Gasteiger partial charge in [-0.2, -0.15) is 5.10 Å². The minimum absolute atomic E-state index is 0.0261. The highest BCUT2D eigenvalue weighted by molar-refractivity contribution is 5.98. The Morgan fingerprint density at radius 3 is 2.43 bits per heavy atom. The number of amides is 1. The molecule has 6 heteroatoms. The molecule has 0 spiro atoms. The molecule has 3 aromatic rings. The Hall–Kier alpha value is -3.12. The summed E-state index contributed by atoms with van der Waals surface area (Å²) in [4.78, 5) is 12.1. The summed E-state index contributed by atoms with van der Waals surface area (Å²) in [5.41, 5.74) is 13.3. The number of nitrogens with zero attached hydrogens (tertiary/aromatic N) is 1. The van der Waals surface area contributed by atoms with Crippen LogP contribution >= 0.6 is 0 Å². The number of nitrogens with one attached hydrogen (secondary N) is 2. The molecule has 0 saturated heterocycles. The Kier molecular flexibility index (Phi) is 5.80. The summed E-state index contributed by atoms with van der Waals surface area (Å²) in [6, 6.07) is 11.8. The molecule has 0 aliphatic heterocycles. The zero-order valence-electron chi connectivity index (χ0n) is 16.5. The number of carbonyl (C=O) groups excluding carboxylic acids is 1. The van der Waals surface area contributed by atoms with E-state index >= 15 is 0 Å². The van der Waals surface area contributed by atoms with Gasteiger partial charge in [-0.1, -0.05) is 36.4 Å². The molecule has 2 aromatic carbocycles. The van der Waals surface area contributed by atoms with E-state index in [4.69, 9.17) is 5.73 Å². The summed E-state index contributed by atoms with van der Waals surface area (Å²) in [6.07, 6.45) is 0.476. The average Bonchev–Trinajstić information content (AvgIpc) is 3.07. The second-order valence-electron chi connectivity index (χ2n) is 7.15. The van der Waals surface area contributed by atoms with Gasteiger partial charge in [0.25, 0.3) is 5.91 Å². The smallest absolute Gasteiger partial charge is 0.254 e. The first-order chi connectivity index (χ1) is 13.4. The Morgan fingerprint density at radius 1 is 1.11 bits per heavy atom. The number of nitrogens with two attached hydrogens (primary N) is 1. The lowest BCUT2D eigenvalue weighted by molar-refractivity contribution is 0.100. The summed E-state index contributed by atoms with van der Waals surface area (Å²) in [7, 11) is 0. The number of aromatic nitrogens is 2. The first kappa shape index (κ1) is 19.6. The Morgan fingerprint density at radius 2 is 1.79 bits per heavy atom. The molecule has 6 nitrogen and oxygen atoms in total. The van der Waals surface area contributed by atoms with E-state index in [1.54, 1.807) is 0 Å². The monoisotopic (exact) mass is 378 g/mol. The summed E-state index contributed by atoms with van der Waals surface area (Å²) in [6.45, 7) is 6.81. The molecule has 0 unspecified atom stereocenters. The van der Waals surface area contributed by atoms with Gasteiger partial charge in [0.1, 0.15) is 5.56 Å². The van der Waals surface area contributed by atoms with E-state index in [0.29, 0.717) is 30.0 Å². The number of hydrogen-bond donors (Lipinski definition) is 4. The van der Waals surface area contributed by atoms with Gasteiger partial charge in [0.2, 0.25) is 0 Å². The first-order valence-electron chi connectivity index (χ1n) is 9.25. The van der Waals surface area contributed by atoms with E-state index in [-0.39, 0.29) is 6.61 Å². The molecule has 0 aliphatic rings. The van der Waals surface area contributed by atoms with Crippen molar-refractivity contribution in [2.45, 2.75) is 40.3 Å². The van der Waals surface area contributed by atoms with Crippen LogP contribution in [0.25, 0.3) is 0 Å². The molecule has 3 rings (SSSR count). The molecule has 0 bridgehead atoms. The summed E-state index contributed by atoms with van der Waals surface area (Å²) in [5, 5.41) is 19.7. The van der Waals surface area contributed by atoms with Gasteiger partial charge in [0.05, 0.1) is 12.3 Å². The first-order valence-corrected chi connectivity index (χ1v) is 9.25. The fourth-order valence-corrected chi connectivity index (χ4v) is 3.35.